The Hall–Kier alpha value is -1.43. The van der Waals surface area contributed by atoms with Gasteiger partial charge in [-0.1, -0.05) is 6.92 Å². The van der Waals surface area contributed by atoms with Crippen LogP contribution in [-0.2, 0) is 11.2 Å². The van der Waals surface area contributed by atoms with E-state index in [4.69, 9.17) is 14.6 Å². The van der Waals surface area contributed by atoms with Crippen molar-refractivity contribution in [2.45, 2.75) is 13.3 Å². The van der Waals surface area contributed by atoms with E-state index in [0.29, 0.717) is 34.7 Å². The maximum absolute atomic E-state index is 10.8. The highest BCUT2D eigenvalue weighted by Crippen LogP contribution is 2.45. The van der Waals surface area contributed by atoms with E-state index in [1.807, 2.05) is 0 Å². The van der Waals surface area contributed by atoms with Crippen LogP contribution in [0.2, 0.25) is 0 Å². The van der Waals surface area contributed by atoms with Crippen LogP contribution in [0.1, 0.15) is 12.5 Å². The molecule has 1 aromatic rings. The summed E-state index contributed by atoms with van der Waals surface area (Å²) in [6, 6.07) is 1.63. The molecule has 1 aliphatic heterocycles. The van der Waals surface area contributed by atoms with Gasteiger partial charge in [-0.05, 0) is 34.0 Å². The van der Waals surface area contributed by atoms with E-state index in [9.17, 15) is 9.90 Å². The van der Waals surface area contributed by atoms with Gasteiger partial charge in [-0.15, -0.1) is 0 Å². The third kappa shape index (κ3) is 2.38. The molecule has 1 atom stereocenters. The molecular weight excluding hydrogens is 304 g/mol. The Morgan fingerprint density at radius 1 is 1.50 bits per heavy atom. The van der Waals surface area contributed by atoms with Crippen LogP contribution in [0.4, 0.5) is 0 Å². The molecule has 0 spiro atoms. The van der Waals surface area contributed by atoms with E-state index in [2.05, 4.69) is 15.9 Å². The molecule has 18 heavy (non-hydrogen) atoms. The zero-order chi connectivity index (χ0) is 13.3. The Morgan fingerprint density at radius 2 is 2.17 bits per heavy atom. The number of phenols is 1. The summed E-state index contributed by atoms with van der Waals surface area (Å²) in [5.41, 5.74) is 0.529. The molecule has 1 aromatic carbocycles. The maximum Gasteiger partial charge on any atom is 0.306 e. The second-order valence-corrected chi connectivity index (χ2v) is 4.96. The number of ether oxygens (including phenoxy) is 2. The minimum atomic E-state index is -0.902. The molecule has 5 nitrogen and oxygen atoms in total. The normalized spacial score (nSPS) is 15.2. The Morgan fingerprint density at radius 3 is 2.83 bits per heavy atom. The Bertz CT molecular complexity index is 486. The Balaban J connectivity index is 2.37. The van der Waals surface area contributed by atoms with Crippen molar-refractivity contribution in [2.75, 3.05) is 13.2 Å². The van der Waals surface area contributed by atoms with Gasteiger partial charge in [0.1, 0.15) is 23.4 Å². The van der Waals surface area contributed by atoms with Gasteiger partial charge in [0.05, 0.1) is 5.92 Å². The molecule has 0 amide bonds. The number of carbonyl (C=O) groups is 1. The van der Waals surface area contributed by atoms with Crippen molar-refractivity contribution in [2.24, 2.45) is 5.92 Å². The SMILES string of the molecule is CC(Cc1cc2c(c(Br)c1O)OCCO2)C(=O)O. The molecule has 0 saturated carbocycles. The topological polar surface area (TPSA) is 76.0 Å². The number of carboxylic acid groups (broad SMARTS) is 1. The quantitative estimate of drug-likeness (QED) is 0.894. The second-order valence-electron chi connectivity index (χ2n) is 4.17. The summed E-state index contributed by atoms with van der Waals surface area (Å²) in [6.45, 7) is 2.46. The third-order valence-corrected chi connectivity index (χ3v) is 3.51. The van der Waals surface area contributed by atoms with Crippen LogP contribution in [0.5, 0.6) is 17.2 Å². The fraction of sp³-hybridized carbons (Fsp3) is 0.417. The smallest absolute Gasteiger partial charge is 0.306 e. The van der Waals surface area contributed by atoms with Gasteiger partial charge in [-0.2, -0.15) is 0 Å². The minimum absolute atomic E-state index is 0.00681. The van der Waals surface area contributed by atoms with Crippen LogP contribution < -0.4 is 9.47 Å². The van der Waals surface area contributed by atoms with Gasteiger partial charge in [-0.3, -0.25) is 4.79 Å². The summed E-state index contributed by atoms with van der Waals surface area (Å²) in [5.74, 6) is -0.484. The first-order valence-electron chi connectivity index (χ1n) is 5.53. The molecule has 98 valence electrons. The summed E-state index contributed by atoms with van der Waals surface area (Å²) in [7, 11) is 0. The lowest BCUT2D eigenvalue weighted by atomic mass is 10.00. The summed E-state index contributed by atoms with van der Waals surface area (Å²) in [5, 5.41) is 18.9. The molecule has 0 saturated heterocycles. The van der Waals surface area contributed by atoms with Crippen molar-refractivity contribution in [3.8, 4) is 17.2 Å². The lowest BCUT2D eigenvalue weighted by Crippen LogP contribution is -2.17. The minimum Gasteiger partial charge on any atom is -0.506 e. The predicted molar refractivity (Wildman–Crippen MR) is 67.3 cm³/mol. The molecular formula is C12H13BrO5. The van der Waals surface area contributed by atoms with E-state index >= 15 is 0 Å². The van der Waals surface area contributed by atoms with Crippen LogP contribution in [0.15, 0.2) is 10.5 Å². The zero-order valence-electron chi connectivity index (χ0n) is 9.77. The van der Waals surface area contributed by atoms with Gasteiger partial charge in [0.15, 0.2) is 11.5 Å². The van der Waals surface area contributed by atoms with Crippen LogP contribution in [0.3, 0.4) is 0 Å². The van der Waals surface area contributed by atoms with Crippen molar-refractivity contribution in [1.82, 2.24) is 0 Å². The fourth-order valence-electron chi connectivity index (χ4n) is 1.76. The lowest BCUT2D eigenvalue weighted by molar-refractivity contribution is -0.141. The number of halogens is 1. The highest BCUT2D eigenvalue weighted by molar-refractivity contribution is 9.10. The van der Waals surface area contributed by atoms with E-state index in [1.165, 1.54) is 0 Å². The number of fused-ring (bicyclic) bond motifs is 1. The van der Waals surface area contributed by atoms with Crippen molar-refractivity contribution >= 4 is 21.9 Å². The molecule has 0 fully saturated rings. The van der Waals surface area contributed by atoms with E-state index in [0.717, 1.165) is 0 Å². The molecule has 1 aliphatic rings. The number of rotatable bonds is 3. The average molecular weight is 317 g/mol. The second kappa shape index (κ2) is 5.06. The molecule has 0 aromatic heterocycles. The number of aromatic hydroxyl groups is 1. The molecule has 2 rings (SSSR count). The highest BCUT2D eigenvalue weighted by atomic mass is 79.9. The number of hydrogen-bond donors (Lipinski definition) is 2. The molecule has 1 unspecified atom stereocenters. The zero-order valence-corrected chi connectivity index (χ0v) is 11.4. The number of hydrogen-bond acceptors (Lipinski definition) is 4. The Kier molecular flexibility index (Phi) is 3.65. The first-order valence-corrected chi connectivity index (χ1v) is 6.32. The summed E-state index contributed by atoms with van der Waals surface area (Å²) in [4.78, 5) is 10.8. The van der Waals surface area contributed by atoms with E-state index in [1.54, 1.807) is 13.0 Å². The lowest BCUT2D eigenvalue weighted by Gasteiger charge is -2.22. The van der Waals surface area contributed by atoms with Crippen molar-refractivity contribution < 1.29 is 24.5 Å². The highest BCUT2D eigenvalue weighted by Gasteiger charge is 2.23. The van der Waals surface area contributed by atoms with Gasteiger partial charge < -0.3 is 19.7 Å². The van der Waals surface area contributed by atoms with Crippen molar-refractivity contribution in [1.29, 1.82) is 0 Å². The molecule has 0 radical (unpaired) electrons. The summed E-state index contributed by atoms with van der Waals surface area (Å²) < 4.78 is 11.2. The number of phenolic OH excluding ortho intramolecular Hbond substituents is 1. The monoisotopic (exact) mass is 316 g/mol. The number of benzene rings is 1. The summed E-state index contributed by atoms with van der Waals surface area (Å²) >= 11 is 3.24. The first kappa shape index (κ1) is 13.0. The van der Waals surface area contributed by atoms with Gasteiger partial charge >= 0.3 is 5.97 Å². The average Bonchev–Trinajstić information content (AvgIpc) is 2.35. The van der Waals surface area contributed by atoms with Crippen molar-refractivity contribution in [3.05, 3.63) is 16.1 Å². The third-order valence-electron chi connectivity index (χ3n) is 2.78. The van der Waals surface area contributed by atoms with Crippen molar-refractivity contribution in [3.63, 3.8) is 0 Å². The largest absolute Gasteiger partial charge is 0.506 e. The fourth-order valence-corrected chi connectivity index (χ4v) is 2.32. The molecule has 2 N–H and O–H groups in total. The predicted octanol–water partition coefficient (Wildman–Crippen LogP) is 2.19. The Labute approximate surface area is 112 Å². The standard InChI is InChI=1S/C12H13BrO5/c1-6(12(15)16)4-7-5-8-11(9(13)10(7)14)18-3-2-17-8/h5-6,14H,2-4H2,1H3,(H,15,16). The van der Waals surface area contributed by atoms with E-state index in [-0.39, 0.29) is 12.2 Å². The van der Waals surface area contributed by atoms with Gasteiger partial charge in [0.25, 0.3) is 0 Å². The number of carboxylic acids is 1. The number of aliphatic carboxylic acids is 1. The van der Waals surface area contributed by atoms with E-state index < -0.39 is 11.9 Å². The van der Waals surface area contributed by atoms with Crippen LogP contribution in [0, 0.1) is 5.92 Å². The van der Waals surface area contributed by atoms with Gasteiger partial charge in [-0.25, -0.2) is 0 Å². The molecule has 1 heterocycles. The van der Waals surface area contributed by atoms with Crippen LogP contribution in [0.25, 0.3) is 0 Å². The van der Waals surface area contributed by atoms with Crippen LogP contribution in [-0.4, -0.2) is 29.4 Å². The van der Waals surface area contributed by atoms with Crippen LogP contribution >= 0.6 is 15.9 Å². The van der Waals surface area contributed by atoms with Gasteiger partial charge in [0.2, 0.25) is 0 Å². The first-order chi connectivity index (χ1) is 8.50. The van der Waals surface area contributed by atoms with Gasteiger partial charge in [0, 0.05) is 0 Å². The summed E-state index contributed by atoms with van der Waals surface area (Å²) in [6.07, 6.45) is 0.233. The molecule has 0 bridgehead atoms. The molecule has 0 aliphatic carbocycles. The maximum atomic E-state index is 10.8. The molecule has 6 heteroatoms.